The average Bonchev–Trinajstić information content (AvgIpc) is 2.52. The van der Waals surface area contributed by atoms with Crippen molar-refractivity contribution in [3.05, 3.63) is 29.6 Å². The normalized spacial score (nSPS) is 18.3. The van der Waals surface area contributed by atoms with Gasteiger partial charge in [0.2, 0.25) is 0 Å². The Morgan fingerprint density at radius 2 is 2.29 bits per heavy atom. The van der Waals surface area contributed by atoms with Gasteiger partial charge in [-0.3, -0.25) is 4.79 Å². The van der Waals surface area contributed by atoms with Gasteiger partial charge in [-0.05, 0) is 37.8 Å². The number of carbonyl (C=O) groups excluding carboxylic acids is 1. The first-order valence-electron chi connectivity index (χ1n) is 7.33. The lowest BCUT2D eigenvalue weighted by molar-refractivity contribution is 0.00705. The quantitative estimate of drug-likeness (QED) is 0.838. The van der Waals surface area contributed by atoms with Gasteiger partial charge in [-0.15, -0.1) is 0 Å². The number of hydrogen-bond donors (Lipinski definition) is 0. The summed E-state index contributed by atoms with van der Waals surface area (Å²) in [5, 5.41) is 0. The van der Waals surface area contributed by atoms with E-state index >= 15 is 0 Å². The fourth-order valence-electron chi connectivity index (χ4n) is 2.55. The molecule has 1 saturated heterocycles. The molecule has 2 rings (SSSR count). The van der Waals surface area contributed by atoms with Crippen molar-refractivity contribution in [1.29, 1.82) is 0 Å². The van der Waals surface area contributed by atoms with Crippen molar-refractivity contribution >= 4 is 5.91 Å². The van der Waals surface area contributed by atoms with Gasteiger partial charge in [0.15, 0.2) is 0 Å². The highest BCUT2D eigenvalue weighted by Crippen LogP contribution is 2.23. The standard InChI is InChI=1S/C16H22FNO3/c1-18(10-9-12-6-3-4-11-21-12)16(19)15-13(17)7-5-8-14(15)20-2/h5,7-8,12H,3-4,6,9-11H2,1-2H3/t12-/m1/s1. The largest absolute Gasteiger partial charge is 0.496 e. The number of halogens is 1. The molecule has 1 aliphatic rings. The summed E-state index contributed by atoms with van der Waals surface area (Å²) >= 11 is 0. The molecule has 1 aromatic carbocycles. The van der Waals surface area contributed by atoms with Crippen molar-refractivity contribution in [3.8, 4) is 5.75 Å². The Morgan fingerprint density at radius 3 is 2.95 bits per heavy atom. The predicted octanol–water partition coefficient (Wildman–Crippen LogP) is 2.87. The highest BCUT2D eigenvalue weighted by Gasteiger charge is 2.22. The van der Waals surface area contributed by atoms with E-state index in [0.717, 1.165) is 25.9 Å². The van der Waals surface area contributed by atoms with E-state index in [-0.39, 0.29) is 23.3 Å². The Kier molecular flexibility index (Phi) is 5.56. The minimum atomic E-state index is -0.555. The van der Waals surface area contributed by atoms with Crippen LogP contribution in [0.25, 0.3) is 0 Å². The molecule has 0 bridgehead atoms. The van der Waals surface area contributed by atoms with Crippen LogP contribution in [-0.4, -0.2) is 44.2 Å². The van der Waals surface area contributed by atoms with E-state index in [0.29, 0.717) is 6.54 Å². The van der Waals surface area contributed by atoms with E-state index in [2.05, 4.69) is 0 Å². The molecule has 1 aliphatic heterocycles. The van der Waals surface area contributed by atoms with Gasteiger partial charge >= 0.3 is 0 Å². The van der Waals surface area contributed by atoms with Gasteiger partial charge in [0.1, 0.15) is 17.1 Å². The molecule has 1 amide bonds. The zero-order valence-electron chi connectivity index (χ0n) is 12.6. The number of carbonyl (C=O) groups is 1. The van der Waals surface area contributed by atoms with E-state index in [1.165, 1.54) is 30.6 Å². The van der Waals surface area contributed by atoms with Gasteiger partial charge in [-0.2, -0.15) is 0 Å². The lowest BCUT2D eigenvalue weighted by Gasteiger charge is -2.25. The number of hydrogen-bond acceptors (Lipinski definition) is 3. The molecule has 0 radical (unpaired) electrons. The predicted molar refractivity (Wildman–Crippen MR) is 78.1 cm³/mol. The molecule has 21 heavy (non-hydrogen) atoms. The first kappa shape index (κ1) is 15.8. The zero-order chi connectivity index (χ0) is 15.2. The molecule has 0 aromatic heterocycles. The lowest BCUT2D eigenvalue weighted by Crippen LogP contribution is -2.32. The minimum absolute atomic E-state index is 0.00735. The number of nitrogens with zero attached hydrogens (tertiary/aromatic N) is 1. The maximum absolute atomic E-state index is 13.9. The molecule has 1 heterocycles. The smallest absolute Gasteiger partial charge is 0.260 e. The van der Waals surface area contributed by atoms with Gasteiger partial charge in [0, 0.05) is 20.2 Å². The van der Waals surface area contributed by atoms with Crippen LogP contribution in [0.2, 0.25) is 0 Å². The van der Waals surface area contributed by atoms with Crippen LogP contribution in [0.15, 0.2) is 18.2 Å². The van der Waals surface area contributed by atoms with Crippen LogP contribution in [0.1, 0.15) is 36.0 Å². The van der Waals surface area contributed by atoms with E-state index in [1.54, 1.807) is 13.1 Å². The second kappa shape index (κ2) is 7.41. The maximum atomic E-state index is 13.9. The van der Waals surface area contributed by atoms with Gasteiger partial charge in [0.05, 0.1) is 13.2 Å². The molecule has 0 unspecified atom stereocenters. The van der Waals surface area contributed by atoms with Gasteiger partial charge < -0.3 is 14.4 Å². The molecule has 5 heteroatoms. The van der Waals surface area contributed by atoms with E-state index in [9.17, 15) is 9.18 Å². The maximum Gasteiger partial charge on any atom is 0.260 e. The topological polar surface area (TPSA) is 38.8 Å². The third-order valence-corrected chi connectivity index (χ3v) is 3.82. The van der Waals surface area contributed by atoms with Crippen LogP contribution in [0.3, 0.4) is 0 Å². The Labute approximate surface area is 124 Å². The third-order valence-electron chi connectivity index (χ3n) is 3.82. The summed E-state index contributed by atoms with van der Waals surface area (Å²) in [4.78, 5) is 13.9. The molecule has 0 spiro atoms. The Bertz CT molecular complexity index is 486. The Balaban J connectivity index is 1.98. The summed E-state index contributed by atoms with van der Waals surface area (Å²) in [6.45, 7) is 1.34. The monoisotopic (exact) mass is 295 g/mol. The highest BCUT2D eigenvalue weighted by atomic mass is 19.1. The SMILES string of the molecule is COc1cccc(F)c1C(=O)N(C)CC[C@H]1CCCCO1. The molecule has 0 saturated carbocycles. The second-order valence-corrected chi connectivity index (χ2v) is 5.32. The molecular weight excluding hydrogens is 273 g/mol. The zero-order valence-corrected chi connectivity index (χ0v) is 12.6. The Hall–Kier alpha value is -1.62. The van der Waals surface area contributed by atoms with Crippen LogP contribution in [-0.2, 0) is 4.74 Å². The number of benzene rings is 1. The van der Waals surface area contributed by atoms with E-state index in [1.807, 2.05) is 0 Å². The molecule has 1 aromatic rings. The van der Waals surface area contributed by atoms with Gasteiger partial charge in [-0.25, -0.2) is 4.39 Å². The first-order chi connectivity index (χ1) is 10.1. The van der Waals surface area contributed by atoms with Gasteiger partial charge in [0.25, 0.3) is 5.91 Å². The van der Waals surface area contributed by atoms with E-state index in [4.69, 9.17) is 9.47 Å². The summed E-state index contributed by atoms with van der Waals surface area (Å²) in [6.07, 6.45) is 4.29. The van der Waals surface area contributed by atoms with Crippen molar-refractivity contribution in [2.75, 3.05) is 27.3 Å². The summed E-state index contributed by atoms with van der Waals surface area (Å²) in [5.74, 6) is -0.651. The molecule has 0 aliphatic carbocycles. The van der Waals surface area contributed by atoms with Crippen LogP contribution in [0.5, 0.6) is 5.75 Å². The molecule has 1 atom stereocenters. The molecule has 4 nitrogen and oxygen atoms in total. The number of amides is 1. The number of rotatable bonds is 5. The fourth-order valence-corrected chi connectivity index (χ4v) is 2.55. The van der Waals surface area contributed by atoms with Crippen molar-refractivity contribution < 1.29 is 18.7 Å². The summed E-state index contributed by atoms with van der Waals surface area (Å²) in [5.41, 5.74) is -0.00735. The van der Waals surface area contributed by atoms with Crippen molar-refractivity contribution in [2.24, 2.45) is 0 Å². The average molecular weight is 295 g/mol. The minimum Gasteiger partial charge on any atom is -0.496 e. The first-order valence-corrected chi connectivity index (χ1v) is 7.33. The second-order valence-electron chi connectivity index (χ2n) is 5.32. The van der Waals surface area contributed by atoms with Crippen molar-refractivity contribution in [3.63, 3.8) is 0 Å². The summed E-state index contributed by atoms with van der Waals surface area (Å²) in [6, 6.07) is 4.39. The lowest BCUT2D eigenvalue weighted by atomic mass is 10.1. The van der Waals surface area contributed by atoms with Crippen LogP contribution in [0.4, 0.5) is 4.39 Å². The fraction of sp³-hybridized carbons (Fsp3) is 0.562. The Morgan fingerprint density at radius 1 is 1.48 bits per heavy atom. The summed E-state index contributed by atoms with van der Waals surface area (Å²) in [7, 11) is 3.11. The van der Waals surface area contributed by atoms with Crippen molar-refractivity contribution in [2.45, 2.75) is 31.8 Å². The molecule has 116 valence electrons. The third kappa shape index (κ3) is 3.94. The van der Waals surface area contributed by atoms with Crippen LogP contribution < -0.4 is 4.74 Å². The van der Waals surface area contributed by atoms with Crippen LogP contribution in [0, 0.1) is 5.82 Å². The summed E-state index contributed by atoms with van der Waals surface area (Å²) < 4.78 is 24.6. The van der Waals surface area contributed by atoms with Crippen molar-refractivity contribution in [1.82, 2.24) is 4.90 Å². The van der Waals surface area contributed by atoms with E-state index < -0.39 is 5.82 Å². The molecular formula is C16H22FNO3. The molecule has 1 fully saturated rings. The number of methoxy groups -OCH3 is 1. The van der Waals surface area contributed by atoms with Gasteiger partial charge in [-0.1, -0.05) is 6.07 Å². The number of ether oxygens (including phenoxy) is 2. The highest BCUT2D eigenvalue weighted by molar-refractivity contribution is 5.97. The molecule has 0 N–H and O–H groups in total. The van der Waals surface area contributed by atoms with Crippen LogP contribution >= 0.6 is 0 Å².